The molecular weight excluding hydrogens is 524 g/mol. The van der Waals surface area contributed by atoms with E-state index in [1.54, 1.807) is 54.6 Å². The van der Waals surface area contributed by atoms with Crippen LogP contribution in [0.15, 0.2) is 83.9 Å². The van der Waals surface area contributed by atoms with Crippen LogP contribution in [0.1, 0.15) is 21.6 Å². The molecule has 1 aromatic heterocycles. The van der Waals surface area contributed by atoms with E-state index >= 15 is 0 Å². The maximum Gasteiger partial charge on any atom is 0.253 e. The number of carbonyl (C=O) groups excluding carboxylic acids is 1. The molecule has 4 aromatic rings. The molecule has 5 rings (SSSR count). The average Bonchev–Trinajstić information content (AvgIpc) is 2.99. The predicted molar refractivity (Wildman–Crippen MR) is 156 cm³/mol. The zero-order valence-electron chi connectivity index (χ0n) is 22.7. The molecule has 0 radical (unpaired) electrons. The van der Waals surface area contributed by atoms with E-state index in [1.807, 2.05) is 55.4 Å². The fourth-order valence-electron chi connectivity index (χ4n) is 4.84. The Balaban J connectivity index is 1.34. The lowest BCUT2D eigenvalue weighted by Gasteiger charge is -2.34. The van der Waals surface area contributed by atoms with Crippen LogP contribution in [0.4, 0.5) is 5.69 Å². The Kier molecular flexibility index (Phi) is 7.74. The van der Waals surface area contributed by atoms with Crippen LogP contribution in [0.3, 0.4) is 0 Å². The van der Waals surface area contributed by atoms with Crippen molar-refractivity contribution in [2.75, 3.05) is 52.3 Å². The first-order valence-electron chi connectivity index (χ1n) is 12.9. The summed E-state index contributed by atoms with van der Waals surface area (Å²) < 4.78 is 34.3. The summed E-state index contributed by atoms with van der Waals surface area (Å²) in [7, 11) is 1.67. The van der Waals surface area contributed by atoms with Gasteiger partial charge in [0.25, 0.3) is 5.91 Å². The van der Waals surface area contributed by atoms with Crippen molar-refractivity contribution in [3.63, 3.8) is 0 Å². The van der Waals surface area contributed by atoms with Crippen LogP contribution in [-0.2, 0) is 10.0 Å². The molecule has 0 atom stereocenters. The lowest BCUT2D eigenvalue weighted by Crippen LogP contribution is -2.50. The number of ether oxygens (including phenoxy) is 1. The third kappa shape index (κ3) is 5.37. The summed E-state index contributed by atoms with van der Waals surface area (Å²) in [6.45, 7) is 0.986. The van der Waals surface area contributed by atoms with E-state index in [4.69, 9.17) is 4.74 Å². The molecule has 3 aromatic carbocycles. The number of benzene rings is 3. The minimum absolute atomic E-state index is 0.179. The highest BCUT2D eigenvalue weighted by atomic mass is 32.2. The Morgan fingerprint density at radius 1 is 0.900 bits per heavy atom. The highest BCUT2D eigenvalue weighted by molar-refractivity contribution is 7.89. The number of nitrogens with zero attached hydrogens (tertiary/aromatic N) is 4. The largest absolute Gasteiger partial charge is 0.495 e. The summed E-state index contributed by atoms with van der Waals surface area (Å²) in [6.07, 6.45) is 1.67. The van der Waals surface area contributed by atoms with E-state index in [1.165, 1.54) is 4.31 Å². The number of methoxy groups -OCH3 is 1. The summed E-state index contributed by atoms with van der Waals surface area (Å²) in [5.41, 5.74) is 2.61. The second-order valence-electron chi connectivity index (χ2n) is 9.60. The second-order valence-corrected chi connectivity index (χ2v) is 11.5. The molecule has 204 valence electrons. The lowest BCUT2D eigenvalue weighted by molar-refractivity contribution is 0.0698. The first kappa shape index (κ1) is 27.2. The van der Waals surface area contributed by atoms with Crippen molar-refractivity contribution in [2.45, 2.75) is 4.90 Å². The Morgan fingerprint density at radius 3 is 2.35 bits per heavy atom. The van der Waals surface area contributed by atoms with Crippen LogP contribution >= 0.6 is 0 Å². The van der Waals surface area contributed by atoms with Gasteiger partial charge in [0.2, 0.25) is 10.0 Å². The number of aromatic nitrogens is 1. The number of hydrogen-bond acceptors (Lipinski definition) is 6. The molecule has 2 heterocycles. The van der Waals surface area contributed by atoms with Crippen molar-refractivity contribution in [3.8, 4) is 17.6 Å². The van der Waals surface area contributed by atoms with Crippen molar-refractivity contribution >= 4 is 32.4 Å². The molecule has 0 spiro atoms. The number of pyridine rings is 1. The molecule has 0 unspecified atom stereocenters. The smallest absolute Gasteiger partial charge is 0.253 e. The van der Waals surface area contributed by atoms with E-state index in [-0.39, 0.29) is 37.0 Å². The standard InChI is InChI=1S/C31H30N4O4S/c1-33(2)28-11-6-10-27-26(28)9-7-12-30(27)40(37,38)35-20-18-34(19-21-35)31(36)24-14-16-29(39-3)23(22-24)13-15-25-8-4-5-17-32-25/h4-12,14,16-17,22H,18-21H2,1-3H3. The number of anilines is 1. The summed E-state index contributed by atoms with van der Waals surface area (Å²) >= 11 is 0. The Labute approximate surface area is 234 Å². The van der Waals surface area contributed by atoms with Crippen molar-refractivity contribution in [2.24, 2.45) is 0 Å². The molecule has 0 aliphatic carbocycles. The fourth-order valence-corrected chi connectivity index (χ4v) is 6.47. The topological polar surface area (TPSA) is 83.0 Å². The molecule has 8 nitrogen and oxygen atoms in total. The second kappa shape index (κ2) is 11.4. The van der Waals surface area contributed by atoms with Gasteiger partial charge in [-0.1, -0.05) is 36.3 Å². The first-order chi connectivity index (χ1) is 19.3. The Hall–Kier alpha value is -4.39. The van der Waals surface area contributed by atoms with E-state index in [9.17, 15) is 13.2 Å². The Bertz CT molecular complexity index is 1720. The molecule has 1 saturated heterocycles. The van der Waals surface area contributed by atoms with E-state index in [2.05, 4.69) is 16.8 Å². The van der Waals surface area contributed by atoms with Crippen LogP contribution in [0.25, 0.3) is 10.8 Å². The lowest BCUT2D eigenvalue weighted by atomic mass is 10.1. The van der Waals surface area contributed by atoms with Crippen LogP contribution in [0, 0.1) is 11.8 Å². The van der Waals surface area contributed by atoms with Gasteiger partial charge >= 0.3 is 0 Å². The summed E-state index contributed by atoms with van der Waals surface area (Å²) in [5, 5.41) is 1.56. The molecule has 1 aliphatic rings. The number of amides is 1. The Morgan fingerprint density at radius 2 is 1.65 bits per heavy atom. The third-order valence-corrected chi connectivity index (χ3v) is 8.88. The highest BCUT2D eigenvalue weighted by Gasteiger charge is 2.32. The van der Waals surface area contributed by atoms with Gasteiger partial charge in [-0.3, -0.25) is 4.79 Å². The van der Waals surface area contributed by atoms with Crippen molar-refractivity contribution in [3.05, 3.63) is 95.8 Å². The average molecular weight is 555 g/mol. The fraction of sp³-hybridized carbons (Fsp3) is 0.226. The molecule has 9 heteroatoms. The monoisotopic (exact) mass is 554 g/mol. The van der Waals surface area contributed by atoms with Gasteiger partial charge in [0, 0.05) is 68.5 Å². The molecule has 0 bridgehead atoms. The van der Waals surface area contributed by atoms with E-state index in [0.29, 0.717) is 28.0 Å². The minimum Gasteiger partial charge on any atom is -0.495 e. The minimum atomic E-state index is -3.76. The van der Waals surface area contributed by atoms with E-state index < -0.39 is 10.0 Å². The van der Waals surface area contributed by atoms with Gasteiger partial charge in [0.1, 0.15) is 11.4 Å². The van der Waals surface area contributed by atoms with Gasteiger partial charge in [-0.25, -0.2) is 13.4 Å². The number of fused-ring (bicyclic) bond motifs is 1. The molecule has 0 N–H and O–H groups in total. The van der Waals surface area contributed by atoms with Gasteiger partial charge < -0.3 is 14.5 Å². The predicted octanol–water partition coefficient (Wildman–Crippen LogP) is 3.86. The quantitative estimate of drug-likeness (QED) is 0.349. The van der Waals surface area contributed by atoms with Crippen LogP contribution in [0.2, 0.25) is 0 Å². The number of carbonyl (C=O) groups is 1. The number of piperazine rings is 1. The molecule has 1 aliphatic heterocycles. The van der Waals surface area contributed by atoms with Gasteiger partial charge in [-0.15, -0.1) is 0 Å². The summed E-state index contributed by atoms with van der Waals surface area (Å²) in [5.74, 6) is 6.43. The molecule has 0 saturated carbocycles. The van der Waals surface area contributed by atoms with Gasteiger partial charge in [-0.2, -0.15) is 4.31 Å². The molecule has 1 amide bonds. The van der Waals surface area contributed by atoms with Crippen molar-refractivity contribution in [1.29, 1.82) is 0 Å². The number of rotatable bonds is 5. The normalized spacial score (nSPS) is 13.9. The zero-order chi connectivity index (χ0) is 28.3. The maximum atomic E-state index is 13.7. The molecule has 40 heavy (non-hydrogen) atoms. The third-order valence-electron chi connectivity index (χ3n) is 6.92. The molecular formula is C31H30N4O4S. The van der Waals surface area contributed by atoms with Crippen molar-refractivity contribution < 1.29 is 17.9 Å². The van der Waals surface area contributed by atoms with E-state index in [0.717, 1.165) is 11.1 Å². The van der Waals surface area contributed by atoms with Gasteiger partial charge in [0.15, 0.2) is 0 Å². The van der Waals surface area contributed by atoms with Crippen LogP contribution in [0.5, 0.6) is 5.75 Å². The van der Waals surface area contributed by atoms with Gasteiger partial charge in [-0.05, 0) is 48.4 Å². The van der Waals surface area contributed by atoms with Gasteiger partial charge in [0.05, 0.1) is 17.6 Å². The van der Waals surface area contributed by atoms with Crippen LogP contribution in [-0.4, -0.2) is 75.9 Å². The maximum absolute atomic E-state index is 13.7. The highest BCUT2D eigenvalue weighted by Crippen LogP contribution is 2.32. The summed E-state index contributed by atoms with van der Waals surface area (Å²) in [6, 6.07) is 21.7. The van der Waals surface area contributed by atoms with Crippen molar-refractivity contribution in [1.82, 2.24) is 14.2 Å². The SMILES string of the molecule is COc1ccc(C(=O)N2CCN(S(=O)(=O)c3cccc4c(N(C)C)cccc34)CC2)cc1C#Cc1ccccn1. The molecule has 1 fully saturated rings. The first-order valence-corrected chi connectivity index (χ1v) is 14.3. The summed E-state index contributed by atoms with van der Waals surface area (Å²) in [4.78, 5) is 21.5. The number of hydrogen-bond donors (Lipinski definition) is 0. The van der Waals surface area contributed by atoms with Crippen LogP contribution < -0.4 is 9.64 Å². The number of sulfonamides is 1. The zero-order valence-corrected chi connectivity index (χ0v) is 23.5.